The quantitative estimate of drug-likeness (QED) is 0.214. The van der Waals surface area contributed by atoms with Crippen molar-refractivity contribution in [1.29, 1.82) is 0 Å². The molecule has 10 N–H and O–H groups in total. The van der Waals surface area contributed by atoms with Gasteiger partial charge in [0.25, 0.3) is 11.6 Å². The summed E-state index contributed by atoms with van der Waals surface area (Å²) in [4.78, 5) is 0. The lowest BCUT2D eigenvalue weighted by molar-refractivity contribution is -0.543. The van der Waals surface area contributed by atoms with Crippen LogP contribution in [0.5, 0.6) is 0 Å². The Morgan fingerprint density at radius 3 is 1.37 bits per heavy atom. The molecule has 0 saturated heterocycles. The van der Waals surface area contributed by atoms with Crippen molar-refractivity contribution in [3.8, 4) is 0 Å². The third-order valence-electron chi connectivity index (χ3n) is 3.73. The van der Waals surface area contributed by atoms with E-state index >= 15 is 0 Å². The maximum absolute atomic E-state index is 14.2. The van der Waals surface area contributed by atoms with Crippen LogP contribution in [0.1, 0.15) is 13.8 Å². The molecular weight excluding hydrogens is 269 g/mol. The minimum atomic E-state index is -4.14. The molecule has 0 heterocycles. The zero-order valence-electron chi connectivity index (χ0n) is 10.2. The molecule has 1 rings (SSSR count). The van der Waals surface area contributed by atoms with E-state index in [0.29, 0.717) is 0 Å². The lowest BCUT2D eigenvalue weighted by atomic mass is 9.62. The van der Waals surface area contributed by atoms with Crippen LogP contribution >= 0.6 is 0 Å². The Hall–Kier alpha value is -0.430. The van der Waals surface area contributed by atoms with Gasteiger partial charge in [0.15, 0.2) is 0 Å². The monoisotopic (exact) mass is 287 g/mol. The van der Waals surface area contributed by atoms with Crippen molar-refractivity contribution in [3.63, 3.8) is 0 Å². The smallest absolute Gasteiger partial charge is 0.259 e. The average molecular weight is 287 g/mol. The minimum Gasteiger partial charge on any atom is -0.361 e. The van der Waals surface area contributed by atoms with Crippen molar-refractivity contribution in [2.75, 3.05) is 0 Å². The van der Waals surface area contributed by atoms with E-state index in [1.165, 1.54) is 0 Å². The SMILES string of the molecule is CC(N)C1C(O)(O)C(O)(O)C(C)(F)C(O)(O)C1(O)O. The molecule has 1 unspecified atom stereocenters. The Labute approximate surface area is 107 Å². The van der Waals surface area contributed by atoms with Crippen LogP contribution < -0.4 is 5.73 Å². The Balaban J connectivity index is 3.65. The zero-order valence-corrected chi connectivity index (χ0v) is 10.2. The number of halogens is 1. The van der Waals surface area contributed by atoms with E-state index in [1.54, 1.807) is 0 Å². The van der Waals surface area contributed by atoms with Crippen molar-refractivity contribution in [1.82, 2.24) is 0 Å². The summed E-state index contributed by atoms with van der Waals surface area (Å²) in [7, 11) is 0. The molecule has 0 bridgehead atoms. The lowest BCUT2D eigenvalue weighted by Crippen LogP contribution is -2.89. The highest BCUT2D eigenvalue weighted by molar-refractivity contribution is 5.20. The third-order valence-corrected chi connectivity index (χ3v) is 3.73. The molecule has 0 aromatic heterocycles. The highest BCUT2D eigenvalue weighted by Gasteiger charge is 2.84. The molecular formula is C9H18FNO8. The maximum atomic E-state index is 14.2. The molecule has 0 aliphatic heterocycles. The summed E-state index contributed by atoms with van der Waals surface area (Å²) in [5.41, 5.74) is 1.21. The summed E-state index contributed by atoms with van der Waals surface area (Å²) in [6.45, 7) is 1.13. The number of hydrogen-bond acceptors (Lipinski definition) is 9. The minimum absolute atomic E-state index is 0.146. The van der Waals surface area contributed by atoms with Crippen LogP contribution in [0.15, 0.2) is 0 Å². The van der Waals surface area contributed by atoms with Gasteiger partial charge in [-0.15, -0.1) is 0 Å². The molecule has 114 valence electrons. The summed E-state index contributed by atoms with van der Waals surface area (Å²) in [6.07, 6.45) is 0. The highest BCUT2D eigenvalue weighted by atomic mass is 19.1. The predicted molar refractivity (Wildman–Crippen MR) is 55.3 cm³/mol. The molecule has 0 radical (unpaired) electrons. The number of rotatable bonds is 1. The van der Waals surface area contributed by atoms with Gasteiger partial charge in [-0.25, -0.2) is 4.39 Å². The van der Waals surface area contributed by atoms with Gasteiger partial charge in [0.1, 0.15) is 0 Å². The first kappa shape index (κ1) is 16.6. The van der Waals surface area contributed by atoms with E-state index < -0.39 is 40.8 Å². The van der Waals surface area contributed by atoms with Crippen LogP contribution in [-0.4, -0.2) is 75.7 Å². The Kier molecular flexibility index (Phi) is 3.34. The number of nitrogens with two attached hydrogens (primary N) is 1. The molecule has 0 spiro atoms. The maximum Gasteiger partial charge on any atom is 0.259 e. The normalized spacial score (nSPS) is 40.7. The molecule has 10 heteroatoms. The van der Waals surface area contributed by atoms with Gasteiger partial charge in [-0.05, 0) is 13.8 Å². The van der Waals surface area contributed by atoms with Gasteiger partial charge < -0.3 is 46.6 Å². The molecule has 0 amide bonds. The molecule has 1 saturated carbocycles. The molecule has 1 atom stereocenters. The van der Waals surface area contributed by atoms with Gasteiger partial charge in [0, 0.05) is 6.04 Å². The van der Waals surface area contributed by atoms with Gasteiger partial charge in [-0.2, -0.15) is 0 Å². The van der Waals surface area contributed by atoms with E-state index in [9.17, 15) is 45.2 Å². The number of hydrogen-bond donors (Lipinski definition) is 9. The summed E-state index contributed by atoms with van der Waals surface area (Å²) in [5.74, 6) is -18.5. The molecule has 1 fully saturated rings. The molecule has 1 aliphatic rings. The standard InChI is InChI=1S/C9H18FNO8/c1-3(11)4-6(12,13)8(16,17)5(2,10)9(18,19)7(4,14)15/h3-4,12-19H,11H2,1-2H3. The summed E-state index contributed by atoms with van der Waals surface area (Å²) in [6, 6.07) is -1.58. The fourth-order valence-corrected chi connectivity index (χ4v) is 2.38. The van der Waals surface area contributed by atoms with Crippen molar-refractivity contribution >= 4 is 0 Å². The van der Waals surface area contributed by atoms with Gasteiger partial charge in [0.2, 0.25) is 17.2 Å². The van der Waals surface area contributed by atoms with Crippen molar-refractivity contribution in [3.05, 3.63) is 0 Å². The number of alkyl halides is 1. The van der Waals surface area contributed by atoms with Crippen molar-refractivity contribution in [2.45, 2.75) is 48.7 Å². The van der Waals surface area contributed by atoms with Gasteiger partial charge >= 0.3 is 0 Å². The second-order valence-corrected chi connectivity index (χ2v) is 5.14. The fraction of sp³-hybridized carbons (Fsp3) is 1.00. The third kappa shape index (κ3) is 1.60. The van der Waals surface area contributed by atoms with E-state index in [-0.39, 0.29) is 6.92 Å². The second kappa shape index (κ2) is 3.81. The van der Waals surface area contributed by atoms with Crippen LogP contribution in [0, 0.1) is 5.92 Å². The molecule has 9 nitrogen and oxygen atoms in total. The van der Waals surface area contributed by atoms with E-state index in [0.717, 1.165) is 6.92 Å². The van der Waals surface area contributed by atoms with Gasteiger partial charge in [-0.1, -0.05) is 0 Å². The van der Waals surface area contributed by atoms with E-state index in [1.807, 2.05) is 0 Å². The first-order valence-corrected chi connectivity index (χ1v) is 5.30. The van der Waals surface area contributed by atoms with E-state index in [4.69, 9.17) is 5.73 Å². The summed E-state index contributed by atoms with van der Waals surface area (Å²) in [5, 5.41) is 76.5. The molecule has 0 aromatic rings. The van der Waals surface area contributed by atoms with Crippen molar-refractivity contribution in [2.24, 2.45) is 11.7 Å². The fourth-order valence-electron chi connectivity index (χ4n) is 2.38. The average Bonchev–Trinajstić information content (AvgIpc) is 2.12. The predicted octanol–water partition coefficient (Wildman–Crippen LogP) is -4.58. The largest absolute Gasteiger partial charge is 0.361 e. The Morgan fingerprint density at radius 1 is 0.895 bits per heavy atom. The van der Waals surface area contributed by atoms with Gasteiger partial charge in [0.05, 0.1) is 5.92 Å². The molecule has 19 heavy (non-hydrogen) atoms. The van der Waals surface area contributed by atoms with Crippen molar-refractivity contribution < 1.29 is 45.2 Å². The van der Waals surface area contributed by atoms with Crippen LogP contribution in [-0.2, 0) is 0 Å². The van der Waals surface area contributed by atoms with Crippen LogP contribution in [0.4, 0.5) is 4.39 Å². The van der Waals surface area contributed by atoms with E-state index in [2.05, 4.69) is 0 Å². The lowest BCUT2D eigenvalue weighted by Gasteiger charge is -2.60. The van der Waals surface area contributed by atoms with Crippen LogP contribution in [0.2, 0.25) is 0 Å². The summed E-state index contributed by atoms with van der Waals surface area (Å²) >= 11 is 0. The Bertz CT molecular complexity index is 348. The van der Waals surface area contributed by atoms with Crippen LogP contribution in [0.25, 0.3) is 0 Å². The first-order valence-electron chi connectivity index (χ1n) is 5.30. The van der Waals surface area contributed by atoms with Crippen LogP contribution in [0.3, 0.4) is 0 Å². The Morgan fingerprint density at radius 2 is 1.16 bits per heavy atom. The second-order valence-electron chi connectivity index (χ2n) is 5.14. The molecule has 0 aromatic carbocycles. The highest BCUT2D eigenvalue weighted by Crippen LogP contribution is 2.55. The zero-order chi connectivity index (χ0) is 15.7. The number of aliphatic hydroxyl groups is 8. The topological polar surface area (TPSA) is 188 Å². The first-order chi connectivity index (χ1) is 8.07. The summed E-state index contributed by atoms with van der Waals surface area (Å²) < 4.78 is 14.2. The van der Waals surface area contributed by atoms with Gasteiger partial charge in [-0.3, -0.25) is 0 Å². The molecule has 1 aliphatic carbocycles.